The number of rotatable bonds is 6. The van der Waals surface area contributed by atoms with Crippen molar-refractivity contribution in [2.45, 2.75) is 45.2 Å². The van der Waals surface area contributed by atoms with E-state index in [0.717, 1.165) is 48.8 Å². The zero-order valence-electron chi connectivity index (χ0n) is 19.9. The Morgan fingerprint density at radius 3 is 2.85 bits per heavy atom. The number of pyridine rings is 1. The van der Waals surface area contributed by atoms with E-state index in [1.807, 2.05) is 28.6 Å². The fourth-order valence-electron chi connectivity index (χ4n) is 5.32. The number of aromatic amines is 1. The first-order valence-electron chi connectivity index (χ1n) is 12.2. The van der Waals surface area contributed by atoms with Crippen molar-refractivity contribution in [1.82, 2.24) is 24.6 Å². The number of aliphatic hydroxyl groups is 1. The summed E-state index contributed by atoms with van der Waals surface area (Å²) in [5.74, 6) is 0.0240. The van der Waals surface area contributed by atoms with Crippen LogP contribution in [-0.2, 0) is 4.74 Å². The molecule has 5 rings (SSSR count). The number of nitrogens with one attached hydrogen (secondary N) is 1. The smallest absolute Gasteiger partial charge is 0.259 e. The Kier molecular flexibility index (Phi) is 6.42. The minimum Gasteiger partial charge on any atom is -0.396 e. The molecule has 9 heteroatoms. The van der Waals surface area contributed by atoms with Crippen LogP contribution < -0.4 is 5.56 Å². The number of fused-ring (bicyclic) bond motifs is 3. The first-order chi connectivity index (χ1) is 16.5. The second-order valence-electron chi connectivity index (χ2n) is 9.60. The summed E-state index contributed by atoms with van der Waals surface area (Å²) >= 11 is 0. The standard InChI is InChI=1S/C25H33N5O4/c1-16-11-22-20(23-21(24(32)27-22)13-26-30(23)18-5-10-34-15-18)12-19(16)25(33)29-8-7-28(17(2)14-29)6-3-4-9-31/h11-13,17-18,31H,3-10,14-15H2,1-2H3,(H,27,32)/t17-,18-/m0/s1. The first-order valence-corrected chi connectivity index (χ1v) is 12.2. The maximum Gasteiger partial charge on any atom is 0.259 e. The van der Waals surface area contributed by atoms with Crippen molar-refractivity contribution in [3.8, 4) is 0 Å². The average molecular weight is 468 g/mol. The van der Waals surface area contributed by atoms with E-state index in [0.29, 0.717) is 42.8 Å². The van der Waals surface area contributed by atoms with Crippen molar-refractivity contribution in [3.63, 3.8) is 0 Å². The van der Waals surface area contributed by atoms with Gasteiger partial charge in [-0.2, -0.15) is 5.10 Å². The highest BCUT2D eigenvalue weighted by molar-refractivity contribution is 6.07. The Labute approximate surface area is 198 Å². The molecule has 2 N–H and O–H groups in total. The van der Waals surface area contributed by atoms with Crippen molar-refractivity contribution in [2.24, 2.45) is 0 Å². The fraction of sp³-hybridized carbons (Fsp3) is 0.560. The number of amides is 1. The Morgan fingerprint density at radius 1 is 1.26 bits per heavy atom. The number of aliphatic hydroxyl groups excluding tert-OH is 1. The quantitative estimate of drug-likeness (QED) is 0.538. The molecule has 2 saturated heterocycles. The number of carbonyl (C=O) groups is 1. The summed E-state index contributed by atoms with van der Waals surface area (Å²) in [6.07, 6.45) is 4.24. The fourth-order valence-corrected chi connectivity index (χ4v) is 5.32. The Morgan fingerprint density at radius 2 is 2.12 bits per heavy atom. The molecular weight excluding hydrogens is 434 g/mol. The van der Waals surface area contributed by atoms with Crippen molar-refractivity contribution in [1.29, 1.82) is 0 Å². The number of unbranched alkanes of at least 4 members (excludes halogenated alkanes) is 1. The molecule has 0 aliphatic carbocycles. The molecule has 9 nitrogen and oxygen atoms in total. The van der Waals surface area contributed by atoms with E-state index in [2.05, 4.69) is 21.9 Å². The maximum atomic E-state index is 13.6. The van der Waals surface area contributed by atoms with Gasteiger partial charge in [-0.05, 0) is 57.4 Å². The second-order valence-corrected chi connectivity index (χ2v) is 9.60. The Bertz CT molecular complexity index is 1260. The Hall–Kier alpha value is -2.75. The molecule has 1 aromatic carbocycles. The molecule has 0 unspecified atom stereocenters. The minimum atomic E-state index is -0.169. The van der Waals surface area contributed by atoms with Gasteiger partial charge in [0.05, 0.1) is 35.3 Å². The van der Waals surface area contributed by atoms with Crippen LogP contribution >= 0.6 is 0 Å². The van der Waals surface area contributed by atoms with Gasteiger partial charge in [0.1, 0.15) is 0 Å². The molecule has 0 spiro atoms. The zero-order valence-corrected chi connectivity index (χ0v) is 19.9. The van der Waals surface area contributed by atoms with Crippen LogP contribution in [0.25, 0.3) is 21.8 Å². The zero-order chi connectivity index (χ0) is 23.8. The molecule has 0 radical (unpaired) electrons. The van der Waals surface area contributed by atoms with Gasteiger partial charge >= 0.3 is 0 Å². The molecular formula is C25H33N5O4. The number of hydrogen-bond acceptors (Lipinski definition) is 6. The number of H-pyrrole nitrogens is 1. The van der Waals surface area contributed by atoms with Crippen molar-refractivity contribution >= 4 is 27.7 Å². The highest BCUT2D eigenvalue weighted by Gasteiger charge is 2.29. The third-order valence-corrected chi connectivity index (χ3v) is 7.30. The number of aryl methyl sites for hydroxylation is 1. The van der Waals surface area contributed by atoms with E-state index < -0.39 is 0 Å². The SMILES string of the molecule is Cc1cc2[nH]c(=O)c3cnn([C@H]4CCOC4)c3c2cc1C(=O)N1CCN(CCCCO)[C@@H](C)C1. The lowest BCUT2D eigenvalue weighted by Crippen LogP contribution is -2.53. The van der Waals surface area contributed by atoms with Crippen LogP contribution in [-0.4, -0.2) is 87.6 Å². The van der Waals surface area contributed by atoms with E-state index in [1.54, 1.807) is 6.20 Å². The van der Waals surface area contributed by atoms with E-state index in [9.17, 15) is 9.59 Å². The second kappa shape index (κ2) is 9.48. The van der Waals surface area contributed by atoms with Crippen molar-refractivity contribution < 1.29 is 14.6 Å². The largest absolute Gasteiger partial charge is 0.396 e. The van der Waals surface area contributed by atoms with Gasteiger partial charge in [-0.3, -0.25) is 19.2 Å². The number of ether oxygens (including phenoxy) is 1. The molecule has 2 aromatic heterocycles. The van der Waals surface area contributed by atoms with Crippen LogP contribution in [0.2, 0.25) is 0 Å². The summed E-state index contributed by atoms with van der Waals surface area (Å²) in [4.78, 5) is 33.6. The van der Waals surface area contributed by atoms with Crippen LogP contribution in [0.3, 0.4) is 0 Å². The summed E-state index contributed by atoms with van der Waals surface area (Å²) in [5.41, 5.74) is 2.83. The molecule has 4 heterocycles. The molecule has 2 atom stereocenters. The summed E-state index contributed by atoms with van der Waals surface area (Å²) in [6.45, 7) is 8.68. The number of benzene rings is 1. The lowest BCUT2D eigenvalue weighted by Gasteiger charge is -2.40. The highest BCUT2D eigenvalue weighted by Crippen LogP contribution is 2.29. The van der Waals surface area contributed by atoms with Crippen LogP contribution in [0.15, 0.2) is 23.1 Å². The predicted molar refractivity (Wildman–Crippen MR) is 130 cm³/mol. The minimum absolute atomic E-state index is 0.0240. The molecule has 2 aliphatic heterocycles. The molecule has 2 fully saturated rings. The van der Waals surface area contributed by atoms with Gasteiger partial charge in [0.25, 0.3) is 11.5 Å². The third-order valence-electron chi connectivity index (χ3n) is 7.30. The molecule has 182 valence electrons. The van der Waals surface area contributed by atoms with Gasteiger partial charge in [0, 0.05) is 49.8 Å². The van der Waals surface area contributed by atoms with E-state index in [4.69, 9.17) is 9.84 Å². The van der Waals surface area contributed by atoms with E-state index in [-0.39, 0.29) is 30.2 Å². The first kappa shape index (κ1) is 23.0. The van der Waals surface area contributed by atoms with Gasteiger partial charge in [0.2, 0.25) is 0 Å². The predicted octanol–water partition coefficient (Wildman–Crippen LogP) is 2.07. The maximum absolute atomic E-state index is 13.6. The molecule has 3 aromatic rings. The van der Waals surface area contributed by atoms with Crippen LogP contribution in [0.1, 0.15) is 48.1 Å². The lowest BCUT2D eigenvalue weighted by molar-refractivity contribution is 0.0507. The van der Waals surface area contributed by atoms with Gasteiger partial charge in [-0.1, -0.05) is 0 Å². The Balaban J connectivity index is 1.48. The summed E-state index contributed by atoms with van der Waals surface area (Å²) in [6, 6.07) is 4.18. The molecule has 0 bridgehead atoms. The summed E-state index contributed by atoms with van der Waals surface area (Å²) in [5, 5.41) is 14.9. The van der Waals surface area contributed by atoms with Crippen LogP contribution in [0, 0.1) is 6.92 Å². The van der Waals surface area contributed by atoms with Gasteiger partial charge in [-0.15, -0.1) is 0 Å². The summed E-state index contributed by atoms with van der Waals surface area (Å²) in [7, 11) is 0. The van der Waals surface area contributed by atoms with Crippen molar-refractivity contribution in [3.05, 3.63) is 39.8 Å². The van der Waals surface area contributed by atoms with Gasteiger partial charge in [-0.25, -0.2) is 0 Å². The third kappa shape index (κ3) is 4.12. The number of aromatic nitrogens is 3. The number of piperazine rings is 1. The van der Waals surface area contributed by atoms with E-state index in [1.165, 1.54) is 0 Å². The monoisotopic (exact) mass is 467 g/mol. The van der Waals surface area contributed by atoms with Gasteiger partial charge < -0.3 is 19.7 Å². The average Bonchev–Trinajstić information content (AvgIpc) is 3.50. The summed E-state index contributed by atoms with van der Waals surface area (Å²) < 4.78 is 7.46. The number of nitrogens with zero attached hydrogens (tertiary/aromatic N) is 4. The van der Waals surface area contributed by atoms with Crippen LogP contribution in [0.4, 0.5) is 0 Å². The number of hydrogen-bond donors (Lipinski definition) is 2. The number of carbonyl (C=O) groups excluding carboxylic acids is 1. The molecule has 0 saturated carbocycles. The van der Waals surface area contributed by atoms with E-state index >= 15 is 0 Å². The van der Waals surface area contributed by atoms with Gasteiger partial charge in [0.15, 0.2) is 0 Å². The molecule has 2 aliphatic rings. The highest BCUT2D eigenvalue weighted by atomic mass is 16.5. The normalized spacial score (nSPS) is 21.7. The van der Waals surface area contributed by atoms with Crippen molar-refractivity contribution in [2.75, 3.05) is 46.0 Å². The molecule has 1 amide bonds. The molecule has 34 heavy (non-hydrogen) atoms. The topological polar surface area (TPSA) is 104 Å². The van der Waals surface area contributed by atoms with Crippen LogP contribution in [0.5, 0.6) is 0 Å². The lowest BCUT2D eigenvalue weighted by atomic mass is 10.0.